The first-order valence-corrected chi connectivity index (χ1v) is 7.16. The van der Waals surface area contributed by atoms with Crippen molar-refractivity contribution in [1.29, 1.82) is 0 Å². The molecule has 7 heteroatoms. The van der Waals surface area contributed by atoms with Crippen LogP contribution in [0.5, 0.6) is 0 Å². The minimum Gasteiger partial charge on any atom is -0.368 e. The van der Waals surface area contributed by atoms with Crippen LogP contribution in [0.3, 0.4) is 0 Å². The maximum atomic E-state index is 6.18. The van der Waals surface area contributed by atoms with Crippen LogP contribution in [0.1, 0.15) is 0 Å². The summed E-state index contributed by atoms with van der Waals surface area (Å²) >= 11 is 12.2. The highest BCUT2D eigenvalue weighted by atomic mass is 35.5. The first-order chi connectivity index (χ1) is 10.6. The summed E-state index contributed by atoms with van der Waals surface area (Å²) in [5.41, 5.74) is 7.20. The number of nitrogen functional groups attached to an aromatic ring is 1. The van der Waals surface area contributed by atoms with E-state index in [1.54, 1.807) is 18.2 Å². The molecule has 0 aliphatic rings. The summed E-state index contributed by atoms with van der Waals surface area (Å²) in [7, 11) is 0. The van der Waals surface area contributed by atoms with Crippen molar-refractivity contribution in [1.82, 2.24) is 15.0 Å². The number of nitrogens with two attached hydrogens (primary N) is 1. The van der Waals surface area contributed by atoms with Gasteiger partial charge in [0.15, 0.2) is 5.82 Å². The molecule has 0 aliphatic heterocycles. The second-order valence-corrected chi connectivity index (χ2v) is 5.30. The lowest BCUT2D eigenvalue weighted by atomic mass is 10.2. The average Bonchev–Trinajstić information content (AvgIpc) is 2.50. The molecule has 3 rings (SSSR count). The van der Waals surface area contributed by atoms with Gasteiger partial charge in [0.1, 0.15) is 0 Å². The lowest BCUT2D eigenvalue weighted by Crippen LogP contribution is -2.05. The van der Waals surface area contributed by atoms with Crippen LogP contribution >= 0.6 is 23.2 Å². The van der Waals surface area contributed by atoms with Crippen LogP contribution in [0.4, 0.5) is 17.6 Å². The summed E-state index contributed by atoms with van der Waals surface area (Å²) < 4.78 is 0. The van der Waals surface area contributed by atoms with Gasteiger partial charge in [-0.05, 0) is 30.3 Å². The van der Waals surface area contributed by atoms with Crippen molar-refractivity contribution in [2.24, 2.45) is 0 Å². The van der Waals surface area contributed by atoms with E-state index in [1.807, 2.05) is 30.3 Å². The van der Waals surface area contributed by atoms with E-state index < -0.39 is 0 Å². The number of para-hydroxylation sites is 1. The molecule has 0 spiro atoms. The van der Waals surface area contributed by atoms with Crippen LogP contribution in [0.15, 0.2) is 48.5 Å². The Kier molecular flexibility index (Phi) is 4.09. The average molecular weight is 332 g/mol. The number of nitrogens with zero attached hydrogens (tertiary/aromatic N) is 3. The number of halogens is 2. The summed E-state index contributed by atoms with van der Waals surface area (Å²) in [4.78, 5) is 12.5. The first kappa shape index (κ1) is 14.6. The molecule has 5 nitrogen and oxygen atoms in total. The Bertz CT molecular complexity index is 808. The molecule has 0 atom stereocenters. The maximum Gasteiger partial charge on any atom is 0.232 e. The highest BCUT2D eigenvalue weighted by Gasteiger charge is 2.11. The van der Waals surface area contributed by atoms with Crippen LogP contribution < -0.4 is 11.1 Å². The number of benzene rings is 2. The second kappa shape index (κ2) is 6.17. The van der Waals surface area contributed by atoms with Gasteiger partial charge in [0.2, 0.25) is 11.9 Å². The normalized spacial score (nSPS) is 10.5. The van der Waals surface area contributed by atoms with Gasteiger partial charge in [0.05, 0.1) is 5.02 Å². The van der Waals surface area contributed by atoms with E-state index in [-0.39, 0.29) is 5.95 Å². The zero-order valence-electron chi connectivity index (χ0n) is 11.3. The van der Waals surface area contributed by atoms with Crippen molar-refractivity contribution in [3.63, 3.8) is 0 Å². The predicted molar refractivity (Wildman–Crippen MR) is 89.4 cm³/mol. The number of hydrogen-bond acceptors (Lipinski definition) is 5. The van der Waals surface area contributed by atoms with Gasteiger partial charge in [-0.15, -0.1) is 0 Å². The van der Waals surface area contributed by atoms with E-state index in [0.29, 0.717) is 27.4 Å². The monoisotopic (exact) mass is 331 g/mol. The summed E-state index contributed by atoms with van der Waals surface area (Å²) in [6.07, 6.45) is 0. The zero-order valence-corrected chi connectivity index (χ0v) is 12.8. The van der Waals surface area contributed by atoms with Gasteiger partial charge < -0.3 is 11.1 Å². The molecular formula is C15H11Cl2N5. The third-order valence-electron chi connectivity index (χ3n) is 2.85. The fraction of sp³-hybridized carbons (Fsp3) is 0. The van der Waals surface area contributed by atoms with E-state index in [0.717, 1.165) is 5.69 Å². The second-order valence-electron chi connectivity index (χ2n) is 4.46. The van der Waals surface area contributed by atoms with Gasteiger partial charge in [-0.1, -0.05) is 41.4 Å². The first-order valence-electron chi connectivity index (χ1n) is 6.41. The van der Waals surface area contributed by atoms with Crippen molar-refractivity contribution >= 4 is 40.8 Å². The largest absolute Gasteiger partial charge is 0.368 e. The van der Waals surface area contributed by atoms with Gasteiger partial charge in [0, 0.05) is 16.3 Å². The fourth-order valence-corrected chi connectivity index (χ4v) is 2.26. The molecule has 1 aromatic heterocycles. The van der Waals surface area contributed by atoms with Crippen molar-refractivity contribution in [3.8, 4) is 11.4 Å². The minimum absolute atomic E-state index is 0.0967. The molecule has 0 radical (unpaired) electrons. The molecule has 0 saturated heterocycles. The molecular weight excluding hydrogens is 321 g/mol. The van der Waals surface area contributed by atoms with E-state index in [1.165, 1.54) is 0 Å². The summed E-state index contributed by atoms with van der Waals surface area (Å²) in [6.45, 7) is 0. The lowest BCUT2D eigenvalue weighted by Gasteiger charge is -2.08. The topological polar surface area (TPSA) is 76.7 Å². The molecule has 0 amide bonds. The van der Waals surface area contributed by atoms with Gasteiger partial charge in [-0.2, -0.15) is 15.0 Å². The molecule has 0 bridgehead atoms. The van der Waals surface area contributed by atoms with Gasteiger partial charge in [0.25, 0.3) is 0 Å². The van der Waals surface area contributed by atoms with E-state index in [9.17, 15) is 0 Å². The summed E-state index contributed by atoms with van der Waals surface area (Å²) in [5.74, 6) is 0.794. The van der Waals surface area contributed by atoms with E-state index in [4.69, 9.17) is 28.9 Å². The number of hydrogen-bond donors (Lipinski definition) is 2. The van der Waals surface area contributed by atoms with E-state index >= 15 is 0 Å². The molecule has 3 aromatic rings. The SMILES string of the molecule is Nc1nc(Nc2ccccc2)nc(-c2cc(Cl)ccc2Cl)n1. The third kappa shape index (κ3) is 3.27. The number of aromatic nitrogens is 3. The summed E-state index contributed by atoms with van der Waals surface area (Å²) in [6, 6.07) is 14.6. The van der Waals surface area contributed by atoms with Crippen LogP contribution in [-0.2, 0) is 0 Å². The Hall–Kier alpha value is -2.37. The van der Waals surface area contributed by atoms with Crippen molar-refractivity contribution < 1.29 is 0 Å². The molecule has 22 heavy (non-hydrogen) atoms. The zero-order chi connectivity index (χ0) is 15.5. The molecule has 1 heterocycles. The quantitative estimate of drug-likeness (QED) is 0.753. The van der Waals surface area contributed by atoms with Crippen LogP contribution in [0.2, 0.25) is 10.0 Å². The molecule has 110 valence electrons. The highest BCUT2D eigenvalue weighted by Crippen LogP contribution is 2.29. The predicted octanol–water partition coefficient (Wildman–Crippen LogP) is 4.17. The standard InChI is InChI=1S/C15H11Cl2N5/c16-9-6-7-12(17)11(8-9)13-20-14(18)22-15(21-13)19-10-4-2-1-3-5-10/h1-8H,(H3,18,19,20,21,22). The van der Waals surface area contributed by atoms with Crippen LogP contribution in [-0.4, -0.2) is 15.0 Å². The summed E-state index contributed by atoms with van der Waals surface area (Å²) in [5, 5.41) is 4.10. The molecule has 0 saturated carbocycles. The Morgan fingerprint density at radius 1 is 0.909 bits per heavy atom. The molecule has 2 aromatic carbocycles. The van der Waals surface area contributed by atoms with Gasteiger partial charge in [-0.25, -0.2) is 0 Å². The molecule has 0 unspecified atom stereocenters. The molecule has 0 fully saturated rings. The number of rotatable bonds is 3. The molecule has 3 N–H and O–H groups in total. The smallest absolute Gasteiger partial charge is 0.232 e. The molecule has 0 aliphatic carbocycles. The van der Waals surface area contributed by atoms with Crippen LogP contribution in [0, 0.1) is 0 Å². The van der Waals surface area contributed by atoms with Crippen molar-refractivity contribution in [2.45, 2.75) is 0 Å². The van der Waals surface area contributed by atoms with Crippen molar-refractivity contribution in [3.05, 3.63) is 58.6 Å². The Balaban J connectivity index is 2.01. The van der Waals surface area contributed by atoms with Gasteiger partial charge >= 0.3 is 0 Å². The van der Waals surface area contributed by atoms with Crippen LogP contribution in [0.25, 0.3) is 11.4 Å². The number of anilines is 3. The maximum absolute atomic E-state index is 6.18. The fourth-order valence-electron chi connectivity index (χ4n) is 1.89. The highest BCUT2D eigenvalue weighted by molar-refractivity contribution is 6.35. The Morgan fingerprint density at radius 3 is 2.45 bits per heavy atom. The number of nitrogens with one attached hydrogen (secondary N) is 1. The third-order valence-corrected chi connectivity index (χ3v) is 3.42. The minimum atomic E-state index is 0.0967. The van der Waals surface area contributed by atoms with Crippen molar-refractivity contribution in [2.75, 3.05) is 11.1 Å². The van der Waals surface area contributed by atoms with Gasteiger partial charge in [-0.3, -0.25) is 0 Å². The lowest BCUT2D eigenvalue weighted by molar-refractivity contribution is 1.08. The Morgan fingerprint density at radius 2 is 1.68 bits per heavy atom. The van der Waals surface area contributed by atoms with E-state index in [2.05, 4.69) is 20.3 Å². The Labute approximate surface area is 137 Å².